The standard InChI is InChI=1S/C29H50O3/c1-28(23-30,25-15-7-3-8-16-25)21-13-5-11-19-27(32)20-12-6-14-22-29(2,24-31)26-17-9-4-10-18-26/h3,7-8,15-16,26-27,30-32H,4-6,9-14,17-24H2,1-2H3. The molecule has 32 heavy (non-hydrogen) atoms. The van der Waals surface area contributed by atoms with E-state index >= 15 is 0 Å². The van der Waals surface area contributed by atoms with Gasteiger partial charge in [-0.15, -0.1) is 0 Å². The fourth-order valence-corrected chi connectivity index (χ4v) is 5.67. The average Bonchev–Trinajstić information content (AvgIpc) is 2.84. The first kappa shape index (κ1) is 27.3. The molecule has 0 spiro atoms. The van der Waals surface area contributed by atoms with Gasteiger partial charge in [-0.1, -0.05) is 102 Å². The zero-order chi connectivity index (χ0) is 23.3. The van der Waals surface area contributed by atoms with Crippen molar-refractivity contribution in [1.29, 1.82) is 0 Å². The van der Waals surface area contributed by atoms with Crippen LogP contribution in [0.4, 0.5) is 0 Å². The van der Waals surface area contributed by atoms with Crippen LogP contribution >= 0.6 is 0 Å². The van der Waals surface area contributed by atoms with E-state index in [2.05, 4.69) is 26.0 Å². The maximum atomic E-state index is 10.4. The monoisotopic (exact) mass is 446 g/mol. The summed E-state index contributed by atoms with van der Waals surface area (Å²) in [5.74, 6) is 0.696. The van der Waals surface area contributed by atoms with Gasteiger partial charge in [-0.2, -0.15) is 0 Å². The second-order valence-electron chi connectivity index (χ2n) is 11.1. The van der Waals surface area contributed by atoms with Crippen molar-refractivity contribution in [2.24, 2.45) is 11.3 Å². The van der Waals surface area contributed by atoms with Gasteiger partial charge in [0.1, 0.15) is 0 Å². The SMILES string of the molecule is CC(CO)(CCCCCC(O)CCCCCC(C)(CO)C1CCCCC1)c1ccccc1. The van der Waals surface area contributed by atoms with Crippen molar-refractivity contribution in [1.82, 2.24) is 0 Å². The van der Waals surface area contributed by atoms with Crippen LogP contribution in [0.5, 0.6) is 0 Å². The predicted molar refractivity (Wildman–Crippen MR) is 135 cm³/mol. The minimum absolute atomic E-state index is 0.0991. The Morgan fingerprint density at radius 3 is 1.94 bits per heavy atom. The summed E-state index contributed by atoms with van der Waals surface area (Å²) in [4.78, 5) is 0. The van der Waals surface area contributed by atoms with E-state index in [-0.39, 0.29) is 23.5 Å². The van der Waals surface area contributed by atoms with Gasteiger partial charge in [0, 0.05) is 12.0 Å². The quantitative estimate of drug-likeness (QED) is 0.245. The lowest BCUT2D eigenvalue weighted by atomic mass is 9.68. The van der Waals surface area contributed by atoms with Crippen LogP contribution in [-0.4, -0.2) is 34.6 Å². The second-order valence-corrected chi connectivity index (χ2v) is 11.1. The van der Waals surface area contributed by atoms with Crippen LogP contribution in [0.1, 0.15) is 116 Å². The second kappa shape index (κ2) is 14.4. The summed E-state index contributed by atoms with van der Waals surface area (Å²) in [6.45, 7) is 4.93. The molecule has 3 atom stereocenters. The van der Waals surface area contributed by atoms with E-state index in [4.69, 9.17) is 0 Å². The van der Waals surface area contributed by atoms with E-state index < -0.39 is 0 Å². The highest BCUT2D eigenvalue weighted by atomic mass is 16.3. The predicted octanol–water partition coefficient (Wildman–Crippen LogP) is 6.78. The number of hydrogen-bond acceptors (Lipinski definition) is 3. The van der Waals surface area contributed by atoms with Crippen LogP contribution in [-0.2, 0) is 5.41 Å². The first-order valence-corrected chi connectivity index (χ1v) is 13.4. The summed E-state index contributed by atoms with van der Waals surface area (Å²) in [6, 6.07) is 10.3. The number of benzene rings is 1. The smallest absolute Gasteiger partial charge is 0.0540 e. The molecule has 0 saturated heterocycles. The summed E-state index contributed by atoms with van der Waals surface area (Å²) in [5.41, 5.74) is 1.14. The summed E-state index contributed by atoms with van der Waals surface area (Å²) in [6.07, 6.45) is 17.0. The van der Waals surface area contributed by atoms with Gasteiger partial charge >= 0.3 is 0 Å². The van der Waals surface area contributed by atoms with Crippen LogP contribution in [0.3, 0.4) is 0 Å². The highest BCUT2D eigenvalue weighted by Crippen LogP contribution is 2.41. The van der Waals surface area contributed by atoms with E-state index in [1.807, 2.05) is 18.2 Å². The molecule has 184 valence electrons. The topological polar surface area (TPSA) is 60.7 Å². The summed E-state index contributed by atoms with van der Waals surface area (Å²) in [7, 11) is 0. The van der Waals surface area contributed by atoms with Crippen LogP contribution in [0.15, 0.2) is 30.3 Å². The average molecular weight is 447 g/mol. The van der Waals surface area contributed by atoms with E-state index in [9.17, 15) is 15.3 Å². The maximum absolute atomic E-state index is 10.4. The van der Waals surface area contributed by atoms with Crippen molar-refractivity contribution < 1.29 is 15.3 Å². The minimum atomic E-state index is -0.184. The fourth-order valence-electron chi connectivity index (χ4n) is 5.67. The molecule has 3 unspecified atom stereocenters. The van der Waals surface area contributed by atoms with E-state index in [0.29, 0.717) is 12.5 Å². The Morgan fingerprint density at radius 2 is 1.38 bits per heavy atom. The molecule has 0 radical (unpaired) electrons. The molecular formula is C29H50O3. The molecule has 1 aliphatic carbocycles. The van der Waals surface area contributed by atoms with Crippen LogP contribution in [0.25, 0.3) is 0 Å². The van der Waals surface area contributed by atoms with E-state index in [0.717, 1.165) is 57.8 Å². The van der Waals surface area contributed by atoms with Gasteiger partial charge in [0.25, 0.3) is 0 Å². The summed E-state index contributed by atoms with van der Waals surface area (Å²) >= 11 is 0. The van der Waals surface area contributed by atoms with Gasteiger partial charge in [-0.3, -0.25) is 0 Å². The first-order valence-electron chi connectivity index (χ1n) is 13.4. The molecule has 3 N–H and O–H groups in total. The Kier molecular flexibility index (Phi) is 12.3. The lowest BCUT2D eigenvalue weighted by Crippen LogP contribution is -2.32. The number of aliphatic hydroxyl groups excluding tert-OH is 3. The largest absolute Gasteiger partial charge is 0.396 e. The molecule has 0 heterocycles. The third-order valence-corrected chi connectivity index (χ3v) is 8.32. The lowest BCUT2D eigenvalue weighted by molar-refractivity contribution is 0.0455. The van der Waals surface area contributed by atoms with Crippen LogP contribution in [0, 0.1) is 11.3 Å². The first-order chi connectivity index (χ1) is 15.4. The summed E-state index contributed by atoms with van der Waals surface area (Å²) in [5, 5.41) is 30.3. The van der Waals surface area contributed by atoms with Crippen molar-refractivity contribution in [2.75, 3.05) is 13.2 Å². The molecule has 0 aliphatic heterocycles. The molecule has 1 aromatic rings. The van der Waals surface area contributed by atoms with Gasteiger partial charge in [-0.25, -0.2) is 0 Å². The molecule has 0 amide bonds. The van der Waals surface area contributed by atoms with Gasteiger partial charge in [0.15, 0.2) is 0 Å². The normalized spacial score (nSPS) is 19.9. The molecule has 3 heteroatoms. The Morgan fingerprint density at radius 1 is 0.781 bits per heavy atom. The number of hydrogen-bond donors (Lipinski definition) is 3. The molecule has 0 bridgehead atoms. The molecule has 0 aromatic heterocycles. The third-order valence-electron chi connectivity index (χ3n) is 8.32. The Labute approximate surface area is 197 Å². The number of rotatable bonds is 16. The van der Waals surface area contributed by atoms with Crippen molar-refractivity contribution >= 4 is 0 Å². The van der Waals surface area contributed by atoms with Crippen LogP contribution < -0.4 is 0 Å². The lowest BCUT2D eigenvalue weighted by Gasteiger charge is -2.39. The van der Waals surface area contributed by atoms with Crippen molar-refractivity contribution in [2.45, 2.75) is 122 Å². The molecule has 3 nitrogen and oxygen atoms in total. The zero-order valence-electron chi connectivity index (χ0n) is 20.9. The van der Waals surface area contributed by atoms with Crippen LogP contribution in [0.2, 0.25) is 0 Å². The maximum Gasteiger partial charge on any atom is 0.0540 e. The van der Waals surface area contributed by atoms with Gasteiger partial charge < -0.3 is 15.3 Å². The van der Waals surface area contributed by atoms with Crippen molar-refractivity contribution in [3.05, 3.63) is 35.9 Å². The highest BCUT2D eigenvalue weighted by Gasteiger charge is 2.33. The molecular weight excluding hydrogens is 396 g/mol. The summed E-state index contributed by atoms with van der Waals surface area (Å²) < 4.78 is 0. The Bertz CT molecular complexity index is 598. The third kappa shape index (κ3) is 8.80. The highest BCUT2D eigenvalue weighted by molar-refractivity contribution is 5.24. The fraction of sp³-hybridized carbons (Fsp3) is 0.793. The van der Waals surface area contributed by atoms with Gasteiger partial charge in [0.2, 0.25) is 0 Å². The van der Waals surface area contributed by atoms with Crippen molar-refractivity contribution in [3.63, 3.8) is 0 Å². The zero-order valence-corrected chi connectivity index (χ0v) is 20.9. The molecule has 2 rings (SSSR count). The number of aliphatic hydroxyl groups is 3. The van der Waals surface area contributed by atoms with Gasteiger partial charge in [-0.05, 0) is 55.4 Å². The molecule has 1 saturated carbocycles. The molecule has 1 aliphatic rings. The molecule has 1 aromatic carbocycles. The minimum Gasteiger partial charge on any atom is -0.396 e. The Balaban J connectivity index is 1.54. The van der Waals surface area contributed by atoms with Crippen molar-refractivity contribution in [3.8, 4) is 0 Å². The van der Waals surface area contributed by atoms with Gasteiger partial charge in [0.05, 0.1) is 12.7 Å². The Hall–Kier alpha value is -0.900. The van der Waals surface area contributed by atoms with E-state index in [1.165, 1.54) is 44.1 Å². The molecule has 1 fully saturated rings. The number of unbranched alkanes of at least 4 members (excludes halogenated alkanes) is 4. The van der Waals surface area contributed by atoms with E-state index in [1.54, 1.807) is 0 Å².